The van der Waals surface area contributed by atoms with E-state index in [-0.39, 0.29) is 43.6 Å². The first-order chi connectivity index (χ1) is 20.0. The number of amides is 2. The molecule has 0 saturated heterocycles. The van der Waals surface area contributed by atoms with E-state index in [0.29, 0.717) is 24.2 Å². The Kier molecular flexibility index (Phi) is 12.1. The van der Waals surface area contributed by atoms with E-state index in [4.69, 9.17) is 0 Å². The summed E-state index contributed by atoms with van der Waals surface area (Å²) in [7, 11) is -3.59. The van der Waals surface area contributed by atoms with Crippen molar-refractivity contribution in [1.29, 1.82) is 0 Å². The number of sulfonamides is 1. The van der Waals surface area contributed by atoms with Crippen molar-refractivity contribution in [3.63, 3.8) is 0 Å². The van der Waals surface area contributed by atoms with Crippen molar-refractivity contribution in [1.82, 2.24) is 10.2 Å². The maximum absolute atomic E-state index is 13.9. The third-order valence-corrected chi connectivity index (χ3v) is 8.49. The molecule has 0 aromatic heterocycles. The zero-order valence-electron chi connectivity index (χ0n) is 25.0. The van der Waals surface area contributed by atoms with Gasteiger partial charge in [0, 0.05) is 32.5 Å². The molecule has 0 saturated carbocycles. The first-order valence-electron chi connectivity index (χ1n) is 14.4. The van der Waals surface area contributed by atoms with Gasteiger partial charge in [-0.25, -0.2) is 12.8 Å². The minimum atomic E-state index is -3.59. The Bertz CT molecular complexity index is 1430. The minimum Gasteiger partial charge on any atom is -0.354 e. The fourth-order valence-electron chi connectivity index (χ4n) is 4.73. The Balaban J connectivity index is 1.87. The highest BCUT2D eigenvalue weighted by Gasteiger charge is 2.30. The summed E-state index contributed by atoms with van der Waals surface area (Å²) in [5.41, 5.74) is 4.18. The third-order valence-electron chi connectivity index (χ3n) is 7.30. The Hall–Kier alpha value is -3.72. The van der Waals surface area contributed by atoms with Crippen molar-refractivity contribution < 1.29 is 22.4 Å². The van der Waals surface area contributed by atoms with Crippen LogP contribution in [-0.2, 0) is 32.6 Å². The summed E-state index contributed by atoms with van der Waals surface area (Å²) in [5, 5.41) is 2.98. The van der Waals surface area contributed by atoms with Crippen LogP contribution in [0, 0.1) is 19.7 Å². The van der Waals surface area contributed by atoms with Crippen molar-refractivity contribution in [3.8, 4) is 0 Å². The van der Waals surface area contributed by atoms with Gasteiger partial charge in [0.05, 0.1) is 11.9 Å². The number of benzene rings is 3. The number of aryl methyl sites for hydroxylation is 2. The highest BCUT2D eigenvalue weighted by Crippen LogP contribution is 2.23. The number of hydrogen-bond donors (Lipinski definition) is 1. The fourth-order valence-corrected chi connectivity index (χ4v) is 5.69. The van der Waals surface area contributed by atoms with Crippen LogP contribution in [0.25, 0.3) is 0 Å². The number of anilines is 1. The minimum absolute atomic E-state index is 0.0333. The molecule has 1 N–H and O–H groups in total. The first kappa shape index (κ1) is 32.8. The van der Waals surface area contributed by atoms with Gasteiger partial charge in [0.1, 0.15) is 11.9 Å². The van der Waals surface area contributed by atoms with Crippen molar-refractivity contribution in [2.24, 2.45) is 0 Å². The molecule has 0 radical (unpaired) electrons. The van der Waals surface area contributed by atoms with E-state index in [2.05, 4.69) is 5.32 Å². The van der Waals surface area contributed by atoms with Crippen LogP contribution in [0.5, 0.6) is 0 Å². The average Bonchev–Trinajstić information content (AvgIpc) is 2.95. The second kappa shape index (κ2) is 15.5. The number of rotatable bonds is 15. The molecule has 0 bridgehead atoms. The second-order valence-corrected chi connectivity index (χ2v) is 12.6. The van der Waals surface area contributed by atoms with Crippen LogP contribution in [0.4, 0.5) is 10.1 Å². The molecule has 0 aliphatic rings. The molecule has 0 fully saturated rings. The monoisotopic (exact) mass is 595 g/mol. The van der Waals surface area contributed by atoms with Crippen molar-refractivity contribution in [3.05, 3.63) is 101 Å². The molecule has 1 atom stereocenters. The van der Waals surface area contributed by atoms with E-state index in [9.17, 15) is 22.4 Å². The molecular weight excluding hydrogens is 553 g/mol. The fraction of sp³-hybridized carbons (Fsp3) is 0.394. The van der Waals surface area contributed by atoms with Crippen molar-refractivity contribution in [2.75, 3.05) is 23.7 Å². The number of hydrogen-bond acceptors (Lipinski definition) is 4. The van der Waals surface area contributed by atoms with E-state index in [0.717, 1.165) is 35.8 Å². The van der Waals surface area contributed by atoms with Gasteiger partial charge in [0.15, 0.2) is 0 Å². The van der Waals surface area contributed by atoms with Gasteiger partial charge < -0.3 is 10.2 Å². The highest BCUT2D eigenvalue weighted by atomic mass is 32.2. The van der Waals surface area contributed by atoms with Gasteiger partial charge >= 0.3 is 0 Å². The molecule has 226 valence electrons. The van der Waals surface area contributed by atoms with Gasteiger partial charge in [-0.05, 0) is 73.2 Å². The van der Waals surface area contributed by atoms with Crippen molar-refractivity contribution in [2.45, 2.75) is 65.5 Å². The molecule has 0 spiro atoms. The molecular formula is C33H42FN3O4S. The van der Waals surface area contributed by atoms with E-state index in [1.165, 1.54) is 16.4 Å². The number of nitrogens with one attached hydrogen (secondary N) is 1. The summed E-state index contributed by atoms with van der Waals surface area (Å²) in [4.78, 5) is 28.9. The van der Waals surface area contributed by atoms with Crippen LogP contribution < -0.4 is 9.62 Å². The zero-order valence-corrected chi connectivity index (χ0v) is 25.8. The maximum atomic E-state index is 13.9. The maximum Gasteiger partial charge on any atom is 0.243 e. The largest absolute Gasteiger partial charge is 0.354 e. The SMILES string of the molecule is CCCCNC(=O)[C@H](Cc1ccccc1)N(Cc1ccc(F)cc1)C(=O)CCCN(c1ccc(C)c(C)c1)S(C)(=O)=O. The molecule has 3 aromatic carbocycles. The predicted octanol–water partition coefficient (Wildman–Crippen LogP) is 5.55. The lowest BCUT2D eigenvalue weighted by Gasteiger charge is -2.32. The summed E-state index contributed by atoms with van der Waals surface area (Å²) in [6, 6.07) is 20.1. The summed E-state index contributed by atoms with van der Waals surface area (Å²) in [5.74, 6) is -0.919. The van der Waals surface area contributed by atoms with Gasteiger partial charge in [0.2, 0.25) is 21.8 Å². The molecule has 42 heavy (non-hydrogen) atoms. The number of carbonyl (C=O) groups is 2. The molecule has 0 aliphatic heterocycles. The lowest BCUT2D eigenvalue weighted by atomic mass is 10.0. The number of unbranched alkanes of at least 4 members (excludes halogenated alkanes) is 1. The van der Waals surface area contributed by atoms with Crippen molar-refractivity contribution >= 4 is 27.5 Å². The van der Waals surface area contributed by atoms with Gasteiger partial charge in [-0.3, -0.25) is 13.9 Å². The Morgan fingerprint density at radius 3 is 2.21 bits per heavy atom. The first-order valence-corrected chi connectivity index (χ1v) is 16.2. The van der Waals surface area contributed by atoms with Gasteiger partial charge in [-0.15, -0.1) is 0 Å². The molecule has 3 aromatic rings. The molecule has 0 unspecified atom stereocenters. The molecule has 9 heteroatoms. The van der Waals surface area contributed by atoms with Crippen LogP contribution in [0.2, 0.25) is 0 Å². The standard InChI is InChI=1S/C33H42FN3O4S/c1-5-6-20-35-33(39)31(23-27-11-8-7-9-12-27)36(24-28-15-17-29(34)18-16-28)32(38)13-10-21-37(42(4,40)41)30-19-14-25(2)26(3)22-30/h7-9,11-12,14-19,22,31H,5-6,10,13,20-21,23-24H2,1-4H3,(H,35,39)/t31-/m0/s1. The summed E-state index contributed by atoms with van der Waals surface area (Å²) < 4.78 is 40.3. The molecule has 3 rings (SSSR count). The van der Waals surface area contributed by atoms with E-state index < -0.39 is 16.1 Å². The zero-order chi connectivity index (χ0) is 30.7. The third kappa shape index (κ3) is 9.69. The van der Waals surface area contributed by atoms with Gasteiger partial charge in [0.25, 0.3) is 0 Å². The van der Waals surface area contributed by atoms with Crippen LogP contribution >= 0.6 is 0 Å². The highest BCUT2D eigenvalue weighted by molar-refractivity contribution is 7.92. The quantitative estimate of drug-likeness (QED) is 0.234. The predicted molar refractivity (Wildman–Crippen MR) is 166 cm³/mol. The summed E-state index contributed by atoms with van der Waals surface area (Å²) in [6.45, 7) is 6.65. The lowest BCUT2D eigenvalue weighted by molar-refractivity contribution is -0.141. The Labute approximate surface area is 249 Å². The summed E-state index contributed by atoms with van der Waals surface area (Å²) >= 11 is 0. The smallest absolute Gasteiger partial charge is 0.243 e. The number of carbonyl (C=O) groups excluding carboxylic acids is 2. The second-order valence-electron chi connectivity index (χ2n) is 10.7. The Morgan fingerprint density at radius 2 is 1.60 bits per heavy atom. The number of nitrogens with zero attached hydrogens (tertiary/aromatic N) is 2. The normalized spacial score (nSPS) is 12.0. The van der Waals surface area contributed by atoms with Gasteiger partial charge in [-0.2, -0.15) is 0 Å². The van der Waals surface area contributed by atoms with Crippen LogP contribution in [-0.4, -0.2) is 50.5 Å². The Morgan fingerprint density at radius 1 is 0.905 bits per heavy atom. The topological polar surface area (TPSA) is 86.8 Å². The molecule has 2 amide bonds. The lowest BCUT2D eigenvalue weighted by Crippen LogP contribution is -2.50. The van der Waals surface area contributed by atoms with E-state index in [1.54, 1.807) is 23.1 Å². The van der Waals surface area contributed by atoms with Crippen LogP contribution in [0.3, 0.4) is 0 Å². The molecule has 0 heterocycles. The van der Waals surface area contributed by atoms with Crippen LogP contribution in [0.1, 0.15) is 54.9 Å². The van der Waals surface area contributed by atoms with Gasteiger partial charge in [-0.1, -0.05) is 61.9 Å². The summed E-state index contributed by atoms with van der Waals surface area (Å²) in [6.07, 6.45) is 3.49. The number of halogens is 1. The molecule has 7 nitrogen and oxygen atoms in total. The molecule has 0 aliphatic carbocycles. The van der Waals surface area contributed by atoms with E-state index in [1.807, 2.05) is 63.2 Å². The van der Waals surface area contributed by atoms with E-state index >= 15 is 0 Å². The van der Waals surface area contributed by atoms with Crippen LogP contribution in [0.15, 0.2) is 72.8 Å². The average molecular weight is 596 g/mol.